The van der Waals surface area contributed by atoms with E-state index in [-0.39, 0.29) is 23.9 Å². The second-order valence-electron chi connectivity index (χ2n) is 5.30. The van der Waals surface area contributed by atoms with Gasteiger partial charge in [0.25, 0.3) is 0 Å². The Morgan fingerprint density at radius 3 is 2.89 bits per heavy atom. The molecule has 1 aromatic rings. The quantitative estimate of drug-likeness (QED) is 0.645. The minimum atomic E-state index is -0.278. The number of nitrogens with two attached hydrogens (primary N) is 1. The molecule has 0 spiro atoms. The highest BCUT2D eigenvalue weighted by Crippen LogP contribution is 2.45. The SMILES string of the molecule is COc1ccc(F)cc1C(NN)C1CC2CCC1O2. The van der Waals surface area contributed by atoms with Crippen molar-refractivity contribution in [2.24, 2.45) is 11.8 Å². The summed E-state index contributed by atoms with van der Waals surface area (Å²) < 4.78 is 24.7. The normalized spacial score (nSPS) is 30.6. The van der Waals surface area contributed by atoms with E-state index in [1.54, 1.807) is 13.2 Å². The fourth-order valence-electron chi connectivity index (χ4n) is 3.42. The van der Waals surface area contributed by atoms with E-state index in [0.29, 0.717) is 11.9 Å². The van der Waals surface area contributed by atoms with Crippen molar-refractivity contribution >= 4 is 0 Å². The van der Waals surface area contributed by atoms with Crippen LogP contribution in [0.3, 0.4) is 0 Å². The van der Waals surface area contributed by atoms with E-state index in [9.17, 15) is 4.39 Å². The third-order valence-corrected chi connectivity index (χ3v) is 4.29. The van der Waals surface area contributed by atoms with Gasteiger partial charge in [0.2, 0.25) is 0 Å². The maximum Gasteiger partial charge on any atom is 0.123 e. The average Bonchev–Trinajstić information content (AvgIpc) is 3.03. The van der Waals surface area contributed by atoms with Gasteiger partial charge in [-0.25, -0.2) is 4.39 Å². The van der Waals surface area contributed by atoms with Gasteiger partial charge in [0.05, 0.1) is 25.4 Å². The molecule has 104 valence electrons. The smallest absolute Gasteiger partial charge is 0.123 e. The number of methoxy groups -OCH3 is 1. The number of benzene rings is 1. The monoisotopic (exact) mass is 266 g/mol. The second-order valence-corrected chi connectivity index (χ2v) is 5.30. The van der Waals surface area contributed by atoms with Crippen molar-refractivity contribution in [3.05, 3.63) is 29.6 Å². The average molecular weight is 266 g/mol. The van der Waals surface area contributed by atoms with Crippen molar-refractivity contribution < 1.29 is 13.9 Å². The van der Waals surface area contributed by atoms with Gasteiger partial charge in [-0.3, -0.25) is 11.3 Å². The van der Waals surface area contributed by atoms with Crippen LogP contribution in [0.25, 0.3) is 0 Å². The summed E-state index contributed by atoms with van der Waals surface area (Å²) in [5.74, 6) is 6.37. The zero-order chi connectivity index (χ0) is 13.4. The largest absolute Gasteiger partial charge is 0.496 e. The molecule has 3 rings (SSSR count). The van der Waals surface area contributed by atoms with E-state index in [2.05, 4.69) is 5.43 Å². The third kappa shape index (κ3) is 2.22. The van der Waals surface area contributed by atoms with Crippen molar-refractivity contribution in [2.75, 3.05) is 7.11 Å². The Labute approximate surface area is 112 Å². The van der Waals surface area contributed by atoms with Crippen molar-refractivity contribution in [3.8, 4) is 5.75 Å². The molecular weight excluding hydrogens is 247 g/mol. The molecule has 2 aliphatic heterocycles. The Bertz CT molecular complexity index is 469. The van der Waals surface area contributed by atoms with Gasteiger partial charge in [-0.1, -0.05) is 0 Å². The summed E-state index contributed by atoms with van der Waals surface area (Å²) in [5.41, 5.74) is 3.59. The standard InChI is InChI=1S/C14H19FN2O2/c1-18-12-4-2-8(15)6-10(12)14(17-16)11-7-9-3-5-13(11)19-9/h2,4,6,9,11,13-14,17H,3,5,7,16H2,1H3. The predicted molar refractivity (Wildman–Crippen MR) is 69.0 cm³/mol. The van der Waals surface area contributed by atoms with E-state index in [1.807, 2.05) is 0 Å². The van der Waals surface area contributed by atoms with Gasteiger partial charge in [0, 0.05) is 11.5 Å². The number of fused-ring (bicyclic) bond motifs is 2. The number of nitrogens with one attached hydrogen (secondary N) is 1. The predicted octanol–water partition coefficient (Wildman–Crippen LogP) is 1.91. The van der Waals surface area contributed by atoms with Gasteiger partial charge in [-0.05, 0) is 37.5 Å². The molecule has 2 aliphatic rings. The maximum absolute atomic E-state index is 13.5. The number of hydrogen-bond donors (Lipinski definition) is 2. The summed E-state index contributed by atoms with van der Waals surface area (Å²) in [5, 5.41) is 0. The van der Waals surface area contributed by atoms with Crippen LogP contribution in [-0.2, 0) is 4.74 Å². The van der Waals surface area contributed by atoms with Gasteiger partial charge in [-0.15, -0.1) is 0 Å². The van der Waals surface area contributed by atoms with Crippen LogP contribution >= 0.6 is 0 Å². The summed E-state index contributed by atoms with van der Waals surface area (Å²) in [6, 6.07) is 4.40. The first-order valence-corrected chi connectivity index (χ1v) is 6.68. The Balaban J connectivity index is 1.91. The highest BCUT2D eigenvalue weighted by atomic mass is 19.1. The van der Waals surface area contributed by atoms with E-state index in [4.69, 9.17) is 15.3 Å². The molecule has 5 heteroatoms. The molecule has 4 unspecified atom stereocenters. The van der Waals surface area contributed by atoms with Crippen molar-refractivity contribution in [2.45, 2.75) is 37.5 Å². The third-order valence-electron chi connectivity index (χ3n) is 4.29. The first-order chi connectivity index (χ1) is 9.22. The minimum absolute atomic E-state index is 0.138. The van der Waals surface area contributed by atoms with Crippen LogP contribution in [0.2, 0.25) is 0 Å². The number of hydrazine groups is 1. The molecule has 0 amide bonds. The maximum atomic E-state index is 13.5. The van der Waals surface area contributed by atoms with Gasteiger partial charge in [0.1, 0.15) is 11.6 Å². The Morgan fingerprint density at radius 1 is 1.47 bits per heavy atom. The van der Waals surface area contributed by atoms with Crippen LogP contribution in [-0.4, -0.2) is 19.3 Å². The number of ether oxygens (including phenoxy) is 2. The zero-order valence-electron chi connectivity index (χ0n) is 10.9. The van der Waals surface area contributed by atoms with Crippen LogP contribution in [0.1, 0.15) is 30.9 Å². The minimum Gasteiger partial charge on any atom is -0.496 e. The highest BCUT2D eigenvalue weighted by Gasteiger charge is 2.45. The van der Waals surface area contributed by atoms with Gasteiger partial charge >= 0.3 is 0 Å². The van der Waals surface area contributed by atoms with Crippen LogP contribution in [0.5, 0.6) is 5.75 Å². The fraction of sp³-hybridized carbons (Fsp3) is 0.571. The second kappa shape index (κ2) is 5.07. The lowest BCUT2D eigenvalue weighted by molar-refractivity contribution is 0.0854. The molecule has 1 aromatic carbocycles. The van der Waals surface area contributed by atoms with Crippen LogP contribution < -0.4 is 16.0 Å². The van der Waals surface area contributed by atoms with E-state index in [0.717, 1.165) is 24.8 Å². The first-order valence-electron chi connectivity index (χ1n) is 6.68. The van der Waals surface area contributed by atoms with E-state index < -0.39 is 0 Å². The molecule has 0 radical (unpaired) electrons. The summed E-state index contributed by atoms with van der Waals surface area (Å²) in [6.45, 7) is 0. The van der Waals surface area contributed by atoms with Gasteiger partial charge in [0.15, 0.2) is 0 Å². The van der Waals surface area contributed by atoms with Crippen molar-refractivity contribution in [3.63, 3.8) is 0 Å². The first kappa shape index (κ1) is 12.8. The Morgan fingerprint density at radius 2 is 2.32 bits per heavy atom. The van der Waals surface area contributed by atoms with E-state index >= 15 is 0 Å². The van der Waals surface area contributed by atoms with E-state index in [1.165, 1.54) is 12.1 Å². The lowest BCUT2D eigenvalue weighted by Gasteiger charge is -2.29. The molecule has 0 saturated carbocycles. The summed E-state index contributed by atoms with van der Waals surface area (Å²) in [6.07, 6.45) is 3.72. The molecule has 4 nitrogen and oxygen atoms in total. The summed E-state index contributed by atoms with van der Waals surface area (Å²) in [7, 11) is 1.58. The van der Waals surface area contributed by atoms with Crippen molar-refractivity contribution in [1.82, 2.24) is 5.43 Å². The lowest BCUT2D eigenvalue weighted by atomic mass is 9.81. The van der Waals surface area contributed by atoms with Crippen LogP contribution in [0.15, 0.2) is 18.2 Å². The molecule has 4 atom stereocenters. The molecule has 0 aliphatic carbocycles. The molecule has 2 bridgehead atoms. The summed E-state index contributed by atoms with van der Waals surface area (Å²) in [4.78, 5) is 0. The Hall–Kier alpha value is -1.17. The molecule has 0 aromatic heterocycles. The number of hydrogen-bond acceptors (Lipinski definition) is 4. The Kier molecular flexibility index (Phi) is 3.43. The van der Waals surface area contributed by atoms with Gasteiger partial charge in [-0.2, -0.15) is 0 Å². The number of halogens is 1. The molecule has 2 heterocycles. The molecule has 19 heavy (non-hydrogen) atoms. The molecule has 2 saturated heterocycles. The highest BCUT2D eigenvalue weighted by molar-refractivity contribution is 5.37. The summed E-state index contributed by atoms with van der Waals surface area (Å²) >= 11 is 0. The zero-order valence-corrected chi connectivity index (χ0v) is 10.9. The van der Waals surface area contributed by atoms with Crippen LogP contribution in [0.4, 0.5) is 4.39 Å². The van der Waals surface area contributed by atoms with Gasteiger partial charge < -0.3 is 9.47 Å². The topological polar surface area (TPSA) is 56.5 Å². The fourth-order valence-corrected chi connectivity index (χ4v) is 3.42. The molecule has 3 N–H and O–H groups in total. The van der Waals surface area contributed by atoms with Crippen LogP contribution in [0, 0.1) is 11.7 Å². The molecular formula is C14H19FN2O2. The number of rotatable bonds is 4. The lowest BCUT2D eigenvalue weighted by Crippen LogP contribution is -2.37. The molecule has 2 fully saturated rings. The van der Waals surface area contributed by atoms with Crippen molar-refractivity contribution in [1.29, 1.82) is 0 Å².